The number of hydrogen-bond donors (Lipinski definition) is 0. The van der Waals surface area contributed by atoms with Crippen molar-refractivity contribution in [2.45, 2.75) is 25.8 Å². The highest BCUT2D eigenvalue weighted by molar-refractivity contribution is 7.18. The number of thiophene rings is 1. The van der Waals surface area contributed by atoms with Gasteiger partial charge in [0, 0.05) is 32.2 Å². The quantitative estimate of drug-likeness (QED) is 0.610. The van der Waals surface area contributed by atoms with Gasteiger partial charge >= 0.3 is 5.69 Å². The Bertz CT molecular complexity index is 1110. The molecule has 0 radical (unpaired) electrons. The number of nitrogens with zero attached hydrogens (tertiary/aromatic N) is 3. The molecule has 0 unspecified atom stereocenters. The molecule has 0 amide bonds. The summed E-state index contributed by atoms with van der Waals surface area (Å²) < 4.78 is 13.5. The minimum Gasteiger partial charge on any atom is -0.354 e. The van der Waals surface area contributed by atoms with Crippen molar-refractivity contribution in [2.75, 3.05) is 27.8 Å². The summed E-state index contributed by atoms with van der Waals surface area (Å²) in [6.07, 6.45) is 0.218. The number of likely N-dealkylation sites (N-methyl/N-ethyl adjacent to an activating group) is 1. The molecule has 0 saturated heterocycles. The highest BCUT2D eigenvalue weighted by atomic mass is 32.1. The first-order chi connectivity index (χ1) is 13.5. The van der Waals surface area contributed by atoms with Gasteiger partial charge in [-0.25, -0.2) is 9.36 Å². The SMILES string of the molecule is COC(Cn1c(=O)n(-c2ccccc2)c(=O)c2c3c(sc21)CN(C)CC3)OC. The number of para-hydroxylation sites is 1. The van der Waals surface area contributed by atoms with E-state index in [9.17, 15) is 9.59 Å². The van der Waals surface area contributed by atoms with E-state index in [-0.39, 0.29) is 17.8 Å². The van der Waals surface area contributed by atoms with Gasteiger partial charge in [-0.2, -0.15) is 0 Å². The Morgan fingerprint density at radius 2 is 1.86 bits per heavy atom. The van der Waals surface area contributed by atoms with Gasteiger partial charge in [-0.3, -0.25) is 9.36 Å². The molecule has 4 rings (SSSR count). The topological polar surface area (TPSA) is 65.7 Å². The van der Waals surface area contributed by atoms with Crippen LogP contribution in [0.1, 0.15) is 10.4 Å². The van der Waals surface area contributed by atoms with E-state index in [4.69, 9.17) is 9.47 Å². The maximum absolute atomic E-state index is 13.4. The zero-order chi connectivity index (χ0) is 19.8. The summed E-state index contributed by atoms with van der Waals surface area (Å²) in [6, 6.07) is 9.05. The lowest BCUT2D eigenvalue weighted by Crippen LogP contribution is -2.41. The number of aromatic nitrogens is 2. The van der Waals surface area contributed by atoms with Gasteiger partial charge in [-0.05, 0) is 31.2 Å². The summed E-state index contributed by atoms with van der Waals surface area (Å²) in [4.78, 5) is 30.8. The second-order valence-corrected chi connectivity index (χ2v) is 8.03. The molecule has 0 saturated carbocycles. The van der Waals surface area contributed by atoms with Crippen LogP contribution in [0.5, 0.6) is 0 Å². The van der Waals surface area contributed by atoms with Crippen molar-refractivity contribution in [3.8, 4) is 5.69 Å². The first-order valence-corrected chi connectivity index (χ1v) is 9.96. The van der Waals surface area contributed by atoms with Gasteiger partial charge in [-0.1, -0.05) is 18.2 Å². The van der Waals surface area contributed by atoms with Crippen molar-refractivity contribution >= 4 is 21.6 Å². The lowest BCUT2D eigenvalue weighted by atomic mass is 10.1. The Kier molecular flexibility index (Phi) is 5.20. The van der Waals surface area contributed by atoms with Gasteiger partial charge in [0.05, 0.1) is 17.6 Å². The van der Waals surface area contributed by atoms with Crippen LogP contribution in [-0.2, 0) is 29.0 Å². The number of ether oxygens (including phenoxy) is 2. The minimum atomic E-state index is -0.579. The first-order valence-electron chi connectivity index (χ1n) is 9.14. The third-order valence-electron chi connectivity index (χ3n) is 5.19. The molecule has 0 fully saturated rings. The van der Waals surface area contributed by atoms with E-state index < -0.39 is 6.29 Å². The number of benzene rings is 1. The predicted molar refractivity (Wildman–Crippen MR) is 110 cm³/mol. The van der Waals surface area contributed by atoms with Crippen molar-refractivity contribution < 1.29 is 9.47 Å². The van der Waals surface area contributed by atoms with Gasteiger partial charge in [0.25, 0.3) is 5.56 Å². The fourth-order valence-electron chi connectivity index (χ4n) is 3.69. The van der Waals surface area contributed by atoms with Crippen LogP contribution in [0, 0.1) is 0 Å². The average Bonchev–Trinajstić information content (AvgIpc) is 3.07. The van der Waals surface area contributed by atoms with Crippen LogP contribution in [0.3, 0.4) is 0 Å². The Balaban J connectivity index is 2.05. The monoisotopic (exact) mass is 401 g/mol. The molecule has 2 aromatic heterocycles. The van der Waals surface area contributed by atoms with E-state index in [2.05, 4.69) is 11.9 Å². The van der Waals surface area contributed by atoms with Crippen LogP contribution in [0.4, 0.5) is 0 Å². The normalized spacial score (nSPS) is 14.7. The average molecular weight is 401 g/mol. The second-order valence-electron chi connectivity index (χ2n) is 6.94. The Labute approximate surface area is 166 Å². The molecule has 148 valence electrons. The van der Waals surface area contributed by atoms with Crippen LogP contribution in [0.15, 0.2) is 39.9 Å². The number of methoxy groups -OCH3 is 2. The van der Waals surface area contributed by atoms with Gasteiger partial charge in [0.1, 0.15) is 4.83 Å². The number of hydrogen-bond acceptors (Lipinski definition) is 6. The molecule has 3 heterocycles. The molecule has 1 aliphatic heterocycles. The fraction of sp³-hybridized carbons (Fsp3) is 0.400. The maximum atomic E-state index is 13.4. The third-order valence-corrected chi connectivity index (χ3v) is 6.43. The van der Waals surface area contributed by atoms with Crippen molar-refractivity contribution in [1.29, 1.82) is 0 Å². The zero-order valence-corrected chi connectivity index (χ0v) is 17.0. The smallest absolute Gasteiger partial charge is 0.336 e. The molecule has 0 bridgehead atoms. The number of rotatable bonds is 5. The molecule has 0 atom stereocenters. The highest BCUT2D eigenvalue weighted by Gasteiger charge is 2.26. The largest absolute Gasteiger partial charge is 0.354 e. The van der Waals surface area contributed by atoms with E-state index in [1.807, 2.05) is 18.2 Å². The summed E-state index contributed by atoms with van der Waals surface area (Å²) in [7, 11) is 5.14. The van der Waals surface area contributed by atoms with Gasteiger partial charge in [0.15, 0.2) is 6.29 Å². The van der Waals surface area contributed by atoms with Crippen LogP contribution >= 0.6 is 11.3 Å². The van der Waals surface area contributed by atoms with Crippen LogP contribution in [0.25, 0.3) is 15.9 Å². The molecule has 1 aromatic carbocycles. The standard InChI is InChI=1S/C20H23N3O4S/c1-21-10-9-14-15(11-21)28-19-17(14)18(24)23(13-7-5-4-6-8-13)20(25)22(19)12-16(26-2)27-3/h4-8,16H,9-12H2,1-3H3. The Morgan fingerprint density at radius 1 is 1.14 bits per heavy atom. The predicted octanol–water partition coefficient (Wildman–Crippen LogP) is 1.82. The van der Waals surface area contributed by atoms with E-state index in [0.29, 0.717) is 15.9 Å². The molecule has 7 nitrogen and oxygen atoms in total. The fourth-order valence-corrected chi connectivity index (χ4v) is 5.11. The van der Waals surface area contributed by atoms with E-state index in [1.54, 1.807) is 16.7 Å². The van der Waals surface area contributed by atoms with Crippen LogP contribution in [-0.4, -0.2) is 48.1 Å². The van der Waals surface area contributed by atoms with Crippen molar-refractivity contribution in [3.63, 3.8) is 0 Å². The molecular formula is C20H23N3O4S. The lowest BCUT2D eigenvalue weighted by molar-refractivity contribution is -0.110. The summed E-state index contributed by atoms with van der Waals surface area (Å²) in [5.41, 5.74) is 0.992. The van der Waals surface area contributed by atoms with E-state index in [1.165, 1.54) is 30.1 Å². The molecule has 8 heteroatoms. The molecule has 1 aliphatic rings. The number of fused-ring (bicyclic) bond motifs is 3. The Morgan fingerprint density at radius 3 is 2.54 bits per heavy atom. The van der Waals surface area contributed by atoms with E-state index in [0.717, 1.165) is 30.0 Å². The van der Waals surface area contributed by atoms with Crippen LogP contribution < -0.4 is 11.2 Å². The van der Waals surface area contributed by atoms with Gasteiger partial charge in [-0.15, -0.1) is 11.3 Å². The molecule has 28 heavy (non-hydrogen) atoms. The van der Waals surface area contributed by atoms with Crippen LogP contribution in [0.2, 0.25) is 0 Å². The first kappa shape index (κ1) is 19.1. The van der Waals surface area contributed by atoms with Gasteiger partial charge < -0.3 is 14.4 Å². The lowest BCUT2D eigenvalue weighted by Gasteiger charge is -2.21. The molecular weight excluding hydrogens is 378 g/mol. The highest BCUT2D eigenvalue weighted by Crippen LogP contribution is 2.32. The summed E-state index contributed by atoms with van der Waals surface area (Å²) in [5, 5.41) is 0.641. The maximum Gasteiger partial charge on any atom is 0.336 e. The summed E-state index contributed by atoms with van der Waals surface area (Å²) in [5.74, 6) is 0. The summed E-state index contributed by atoms with van der Waals surface area (Å²) >= 11 is 1.52. The van der Waals surface area contributed by atoms with Crippen molar-refractivity contribution in [3.05, 3.63) is 61.6 Å². The van der Waals surface area contributed by atoms with Gasteiger partial charge in [0.2, 0.25) is 0 Å². The van der Waals surface area contributed by atoms with E-state index >= 15 is 0 Å². The van der Waals surface area contributed by atoms with Crippen molar-refractivity contribution in [1.82, 2.24) is 14.0 Å². The molecule has 0 spiro atoms. The summed E-state index contributed by atoms with van der Waals surface area (Å²) in [6.45, 7) is 1.89. The molecule has 3 aromatic rings. The second kappa shape index (κ2) is 7.63. The molecule has 0 aliphatic carbocycles. The molecule has 0 N–H and O–H groups in total. The zero-order valence-electron chi connectivity index (χ0n) is 16.2. The van der Waals surface area contributed by atoms with Crippen molar-refractivity contribution in [2.24, 2.45) is 0 Å². The Hall–Kier alpha value is -2.26. The minimum absolute atomic E-state index is 0.213. The third kappa shape index (κ3) is 3.12.